The molecule has 5 nitrogen and oxygen atoms in total. The third-order valence-electron chi connectivity index (χ3n) is 2.64. The van der Waals surface area contributed by atoms with Crippen molar-refractivity contribution in [2.45, 2.75) is 25.9 Å². The highest BCUT2D eigenvalue weighted by molar-refractivity contribution is 5.76. The maximum atomic E-state index is 11.5. The van der Waals surface area contributed by atoms with Gasteiger partial charge in [-0.05, 0) is 25.1 Å². The summed E-state index contributed by atoms with van der Waals surface area (Å²) in [6.45, 7) is 2.23. The topological polar surface area (TPSA) is 72.9 Å². The number of carbonyl (C=O) groups is 1. The van der Waals surface area contributed by atoms with E-state index in [9.17, 15) is 4.79 Å². The Morgan fingerprint density at radius 1 is 1.37 bits per heavy atom. The van der Waals surface area contributed by atoms with E-state index in [-0.39, 0.29) is 11.9 Å². The largest absolute Gasteiger partial charge is 0.350 e. The molecule has 1 aromatic heterocycles. The monoisotopic (exact) mass is 258 g/mol. The summed E-state index contributed by atoms with van der Waals surface area (Å²) in [5.74, 6) is -0.0516. The second kappa shape index (κ2) is 6.15. The van der Waals surface area contributed by atoms with Crippen molar-refractivity contribution in [2.24, 2.45) is 5.73 Å². The molecule has 1 heterocycles. The molecular formula is C14H18N4O. The van der Waals surface area contributed by atoms with E-state index in [1.54, 1.807) is 4.68 Å². The van der Waals surface area contributed by atoms with Crippen molar-refractivity contribution in [3.63, 3.8) is 0 Å². The molecular weight excluding hydrogens is 240 g/mol. The molecule has 1 amide bonds. The van der Waals surface area contributed by atoms with Crippen LogP contribution in [0.15, 0.2) is 42.6 Å². The van der Waals surface area contributed by atoms with E-state index in [1.165, 1.54) is 0 Å². The Bertz CT molecular complexity index is 533. The third-order valence-corrected chi connectivity index (χ3v) is 2.64. The maximum absolute atomic E-state index is 11.5. The number of nitrogens with two attached hydrogens (primary N) is 1. The van der Waals surface area contributed by atoms with Crippen LogP contribution in [0.25, 0.3) is 5.69 Å². The fourth-order valence-electron chi connectivity index (χ4n) is 1.73. The molecule has 0 aliphatic rings. The van der Waals surface area contributed by atoms with E-state index in [1.807, 2.05) is 49.5 Å². The van der Waals surface area contributed by atoms with E-state index in [2.05, 4.69) is 10.4 Å². The molecule has 0 spiro atoms. The van der Waals surface area contributed by atoms with E-state index < -0.39 is 0 Å². The van der Waals surface area contributed by atoms with Crippen molar-refractivity contribution in [1.82, 2.24) is 15.1 Å². The Hall–Kier alpha value is -2.14. The van der Waals surface area contributed by atoms with Crippen LogP contribution in [0.3, 0.4) is 0 Å². The lowest BCUT2D eigenvalue weighted by molar-refractivity contribution is -0.121. The lowest BCUT2D eigenvalue weighted by Crippen LogP contribution is -2.29. The standard InChI is InChI=1S/C14H18N4O/c1-11(15)9-14(19)16-10-12-7-8-18(17-12)13-5-3-2-4-6-13/h2-8,11H,9-10,15H2,1H3,(H,16,19). The normalized spacial score (nSPS) is 12.1. The smallest absolute Gasteiger partial charge is 0.221 e. The van der Waals surface area contributed by atoms with Crippen LogP contribution >= 0.6 is 0 Å². The second-order valence-corrected chi connectivity index (χ2v) is 4.55. The van der Waals surface area contributed by atoms with Gasteiger partial charge in [-0.15, -0.1) is 0 Å². The predicted molar refractivity (Wildman–Crippen MR) is 73.7 cm³/mol. The van der Waals surface area contributed by atoms with Crippen LogP contribution in [-0.2, 0) is 11.3 Å². The number of para-hydroxylation sites is 1. The Labute approximate surface area is 112 Å². The first-order valence-electron chi connectivity index (χ1n) is 6.27. The van der Waals surface area contributed by atoms with Gasteiger partial charge in [0.25, 0.3) is 0 Å². The van der Waals surface area contributed by atoms with Gasteiger partial charge in [0, 0.05) is 18.7 Å². The molecule has 0 saturated carbocycles. The SMILES string of the molecule is CC(N)CC(=O)NCc1ccn(-c2ccccc2)n1. The predicted octanol–water partition coefficient (Wildman–Crippen LogP) is 1.23. The Morgan fingerprint density at radius 3 is 2.79 bits per heavy atom. The van der Waals surface area contributed by atoms with E-state index in [0.29, 0.717) is 13.0 Å². The van der Waals surface area contributed by atoms with Gasteiger partial charge in [-0.2, -0.15) is 5.10 Å². The molecule has 2 rings (SSSR count). The number of hydrogen-bond acceptors (Lipinski definition) is 3. The van der Waals surface area contributed by atoms with Gasteiger partial charge in [-0.3, -0.25) is 4.79 Å². The first-order valence-corrected chi connectivity index (χ1v) is 6.27. The highest BCUT2D eigenvalue weighted by Crippen LogP contribution is 2.06. The van der Waals surface area contributed by atoms with Crippen LogP contribution in [0.1, 0.15) is 19.0 Å². The molecule has 1 unspecified atom stereocenters. The van der Waals surface area contributed by atoms with Crippen molar-refractivity contribution in [3.05, 3.63) is 48.3 Å². The zero-order valence-corrected chi connectivity index (χ0v) is 10.9. The van der Waals surface area contributed by atoms with Crippen molar-refractivity contribution >= 4 is 5.91 Å². The van der Waals surface area contributed by atoms with E-state index in [0.717, 1.165) is 11.4 Å². The fraction of sp³-hybridized carbons (Fsp3) is 0.286. The minimum absolute atomic E-state index is 0.0516. The molecule has 2 aromatic rings. The number of nitrogens with one attached hydrogen (secondary N) is 1. The van der Waals surface area contributed by atoms with Crippen LogP contribution in [0, 0.1) is 0 Å². The molecule has 0 saturated heterocycles. The van der Waals surface area contributed by atoms with Gasteiger partial charge in [-0.1, -0.05) is 18.2 Å². The van der Waals surface area contributed by atoms with Gasteiger partial charge in [0.05, 0.1) is 17.9 Å². The van der Waals surface area contributed by atoms with Gasteiger partial charge in [0.1, 0.15) is 0 Å². The van der Waals surface area contributed by atoms with Crippen molar-refractivity contribution < 1.29 is 4.79 Å². The Morgan fingerprint density at radius 2 is 2.11 bits per heavy atom. The number of carbonyl (C=O) groups excluding carboxylic acids is 1. The number of benzene rings is 1. The highest BCUT2D eigenvalue weighted by Gasteiger charge is 2.06. The van der Waals surface area contributed by atoms with Gasteiger partial charge in [0.15, 0.2) is 0 Å². The molecule has 1 atom stereocenters. The average Bonchev–Trinajstić information content (AvgIpc) is 2.85. The van der Waals surface area contributed by atoms with Gasteiger partial charge in [0.2, 0.25) is 5.91 Å². The van der Waals surface area contributed by atoms with Gasteiger partial charge < -0.3 is 11.1 Å². The second-order valence-electron chi connectivity index (χ2n) is 4.55. The summed E-state index contributed by atoms with van der Waals surface area (Å²) in [6, 6.07) is 11.6. The molecule has 100 valence electrons. The van der Waals surface area contributed by atoms with Crippen LogP contribution < -0.4 is 11.1 Å². The summed E-state index contributed by atoms with van der Waals surface area (Å²) in [7, 11) is 0. The molecule has 0 bridgehead atoms. The number of amides is 1. The fourth-order valence-corrected chi connectivity index (χ4v) is 1.73. The zero-order valence-electron chi connectivity index (χ0n) is 10.9. The number of aromatic nitrogens is 2. The first-order chi connectivity index (χ1) is 9.15. The highest BCUT2D eigenvalue weighted by atomic mass is 16.1. The van der Waals surface area contributed by atoms with Gasteiger partial charge >= 0.3 is 0 Å². The summed E-state index contributed by atoms with van der Waals surface area (Å²) in [4.78, 5) is 11.5. The maximum Gasteiger partial charge on any atom is 0.221 e. The lowest BCUT2D eigenvalue weighted by Gasteiger charge is -2.05. The number of hydrogen-bond donors (Lipinski definition) is 2. The Kier molecular flexibility index (Phi) is 4.30. The summed E-state index contributed by atoms with van der Waals surface area (Å²) >= 11 is 0. The summed E-state index contributed by atoms with van der Waals surface area (Å²) in [5, 5.41) is 7.20. The van der Waals surface area contributed by atoms with Crippen molar-refractivity contribution in [1.29, 1.82) is 0 Å². The average molecular weight is 258 g/mol. The molecule has 0 aliphatic carbocycles. The molecule has 0 radical (unpaired) electrons. The number of nitrogens with zero attached hydrogens (tertiary/aromatic N) is 2. The summed E-state index contributed by atoms with van der Waals surface area (Å²) in [5.41, 5.74) is 7.38. The molecule has 1 aromatic carbocycles. The Balaban J connectivity index is 1.93. The van der Waals surface area contributed by atoms with Crippen LogP contribution in [0.5, 0.6) is 0 Å². The molecule has 5 heteroatoms. The molecule has 19 heavy (non-hydrogen) atoms. The quantitative estimate of drug-likeness (QED) is 0.847. The minimum Gasteiger partial charge on any atom is -0.350 e. The zero-order chi connectivity index (χ0) is 13.7. The van der Waals surface area contributed by atoms with Crippen molar-refractivity contribution in [2.75, 3.05) is 0 Å². The van der Waals surface area contributed by atoms with Crippen LogP contribution in [0.4, 0.5) is 0 Å². The first kappa shape index (κ1) is 13.3. The van der Waals surface area contributed by atoms with Crippen LogP contribution in [0.2, 0.25) is 0 Å². The molecule has 3 N–H and O–H groups in total. The van der Waals surface area contributed by atoms with E-state index in [4.69, 9.17) is 5.73 Å². The molecule has 0 fully saturated rings. The van der Waals surface area contributed by atoms with Crippen molar-refractivity contribution in [3.8, 4) is 5.69 Å². The number of rotatable bonds is 5. The molecule has 0 aliphatic heterocycles. The summed E-state index contributed by atoms with van der Waals surface area (Å²) in [6.07, 6.45) is 2.21. The minimum atomic E-state index is -0.123. The van der Waals surface area contributed by atoms with E-state index >= 15 is 0 Å². The summed E-state index contributed by atoms with van der Waals surface area (Å²) < 4.78 is 1.78. The van der Waals surface area contributed by atoms with Crippen LogP contribution in [-0.4, -0.2) is 21.7 Å². The lowest BCUT2D eigenvalue weighted by atomic mass is 10.2. The van der Waals surface area contributed by atoms with Gasteiger partial charge in [-0.25, -0.2) is 4.68 Å². The third kappa shape index (κ3) is 3.93.